The molecule has 0 saturated carbocycles. The topological polar surface area (TPSA) is 27.3 Å². The van der Waals surface area contributed by atoms with Gasteiger partial charge in [-0.15, -0.1) is 0 Å². The van der Waals surface area contributed by atoms with Crippen molar-refractivity contribution in [3.63, 3.8) is 0 Å². The van der Waals surface area contributed by atoms with Crippen LogP contribution in [0, 0.1) is 0 Å². The summed E-state index contributed by atoms with van der Waals surface area (Å²) in [5.41, 5.74) is 4.74. The molecule has 1 heterocycles. The van der Waals surface area contributed by atoms with E-state index in [1.54, 1.807) is 0 Å². The van der Waals surface area contributed by atoms with Crippen LogP contribution >= 0.6 is 0 Å². The predicted molar refractivity (Wildman–Crippen MR) is 108 cm³/mol. The summed E-state index contributed by atoms with van der Waals surface area (Å²) in [7, 11) is 1.98. The maximum absolute atomic E-state index is 9.01. The van der Waals surface area contributed by atoms with E-state index in [1.807, 2.05) is 18.0 Å². The Labute approximate surface area is 172 Å². The highest BCUT2D eigenvalue weighted by Crippen LogP contribution is 2.15. The van der Waals surface area contributed by atoms with Crippen molar-refractivity contribution >= 4 is 17.8 Å². The molecular weight excluding hydrogens is 400 g/mol. The number of anilines is 1. The van der Waals surface area contributed by atoms with Gasteiger partial charge < -0.3 is 27.0 Å². The van der Waals surface area contributed by atoms with E-state index in [9.17, 15) is 0 Å². The minimum Gasteiger partial charge on any atom is -1.00 e. The number of rotatable bonds is 7. The maximum atomic E-state index is 9.01. The Morgan fingerprint density at radius 1 is 0.852 bits per heavy atom. The third-order valence-electron chi connectivity index (χ3n) is 4.36. The molecule has 0 spiro atoms. The molecule has 3 rings (SSSR count). The highest BCUT2D eigenvalue weighted by Gasteiger charge is 2.02. The standard InChI is InChI=1S/C23H25N2O.BrH/c1-24(17-18-26)23-11-9-20(10-12-23)7-8-21-13-15-25(16-14-21)19-22-5-3-2-4-6-22;/h2-16,26H,17-19H2,1H3;1H/q+1;/p-1. The van der Waals surface area contributed by atoms with Crippen molar-refractivity contribution in [3.05, 3.63) is 95.8 Å². The molecule has 140 valence electrons. The molecule has 1 aromatic heterocycles. The van der Waals surface area contributed by atoms with Gasteiger partial charge in [0.15, 0.2) is 18.9 Å². The predicted octanol–water partition coefficient (Wildman–Crippen LogP) is 0.625. The number of hydrogen-bond donors (Lipinski definition) is 1. The average molecular weight is 425 g/mol. The number of aromatic nitrogens is 1. The molecule has 0 unspecified atom stereocenters. The number of aliphatic hydroxyl groups is 1. The van der Waals surface area contributed by atoms with E-state index in [-0.39, 0.29) is 23.6 Å². The van der Waals surface area contributed by atoms with Gasteiger partial charge >= 0.3 is 0 Å². The van der Waals surface area contributed by atoms with E-state index in [1.165, 1.54) is 11.1 Å². The second-order valence-electron chi connectivity index (χ2n) is 6.36. The smallest absolute Gasteiger partial charge is 0.173 e. The van der Waals surface area contributed by atoms with Crippen molar-refractivity contribution in [1.82, 2.24) is 0 Å². The van der Waals surface area contributed by atoms with Crippen molar-refractivity contribution < 1.29 is 26.7 Å². The zero-order chi connectivity index (χ0) is 18.2. The third-order valence-corrected chi connectivity index (χ3v) is 4.36. The molecule has 3 aromatic rings. The maximum Gasteiger partial charge on any atom is 0.173 e. The molecule has 1 N–H and O–H groups in total. The van der Waals surface area contributed by atoms with Gasteiger partial charge in [0, 0.05) is 37.0 Å². The summed E-state index contributed by atoms with van der Waals surface area (Å²) in [5.74, 6) is 0. The molecular formula is C23H25BrN2O. The molecule has 0 radical (unpaired) electrons. The van der Waals surface area contributed by atoms with Crippen LogP contribution in [0.3, 0.4) is 0 Å². The fourth-order valence-corrected chi connectivity index (χ4v) is 2.79. The molecule has 0 fully saturated rings. The van der Waals surface area contributed by atoms with Crippen molar-refractivity contribution in [2.24, 2.45) is 0 Å². The molecule has 0 atom stereocenters. The molecule has 4 heteroatoms. The number of nitrogens with zero attached hydrogens (tertiary/aromatic N) is 2. The fourth-order valence-electron chi connectivity index (χ4n) is 2.79. The zero-order valence-corrected chi connectivity index (χ0v) is 17.1. The Morgan fingerprint density at radius 2 is 1.44 bits per heavy atom. The summed E-state index contributed by atoms with van der Waals surface area (Å²) in [5, 5.41) is 9.01. The van der Waals surface area contributed by atoms with Gasteiger partial charge in [0.2, 0.25) is 0 Å². The quantitative estimate of drug-likeness (QED) is 0.563. The number of hydrogen-bond acceptors (Lipinski definition) is 2. The molecule has 0 saturated heterocycles. The summed E-state index contributed by atoms with van der Waals surface area (Å²) in [6, 6.07) is 23.1. The van der Waals surface area contributed by atoms with Gasteiger partial charge in [0.05, 0.1) is 6.61 Å². The number of halogens is 1. The minimum atomic E-state index is 0. The Balaban J connectivity index is 0.00000261. The first-order valence-electron chi connectivity index (χ1n) is 8.88. The van der Waals surface area contributed by atoms with Crippen LogP contribution in [0.2, 0.25) is 0 Å². The second-order valence-corrected chi connectivity index (χ2v) is 6.36. The van der Waals surface area contributed by atoms with Gasteiger partial charge in [-0.3, -0.25) is 0 Å². The van der Waals surface area contributed by atoms with Crippen LogP contribution in [0.5, 0.6) is 0 Å². The van der Waals surface area contributed by atoms with Crippen LogP contribution in [0.15, 0.2) is 79.1 Å². The van der Waals surface area contributed by atoms with Gasteiger partial charge in [-0.25, -0.2) is 4.57 Å². The summed E-state index contributed by atoms with van der Waals surface area (Å²) in [4.78, 5) is 2.04. The lowest BCUT2D eigenvalue weighted by Crippen LogP contribution is -3.00. The fraction of sp³-hybridized carbons (Fsp3) is 0.174. The molecule has 0 amide bonds. The highest BCUT2D eigenvalue weighted by atomic mass is 79.9. The molecule has 0 bridgehead atoms. The lowest BCUT2D eigenvalue weighted by atomic mass is 10.1. The van der Waals surface area contributed by atoms with E-state index >= 15 is 0 Å². The molecule has 27 heavy (non-hydrogen) atoms. The molecule has 0 aliphatic carbocycles. The largest absolute Gasteiger partial charge is 1.00 e. The Hall–Kier alpha value is -2.43. The second kappa shape index (κ2) is 10.7. The van der Waals surface area contributed by atoms with Crippen molar-refractivity contribution in [2.75, 3.05) is 25.1 Å². The number of benzene rings is 2. The summed E-state index contributed by atoms with van der Waals surface area (Å²) < 4.78 is 2.18. The summed E-state index contributed by atoms with van der Waals surface area (Å²) in [6.07, 6.45) is 8.46. The van der Waals surface area contributed by atoms with Gasteiger partial charge in [-0.1, -0.05) is 54.6 Å². The zero-order valence-electron chi connectivity index (χ0n) is 15.5. The van der Waals surface area contributed by atoms with E-state index in [2.05, 4.69) is 89.8 Å². The van der Waals surface area contributed by atoms with Crippen molar-refractivity contribution in [2.45, 2.75) is 6.54 Å². The van der Waals surface area contributed by atoms with Gasteiger partial charge in [0.1, 0.15) is 0 Å². The van der Waals surface area contributed by atoms with Gasteiger partial charge in [-0.05, 0) is 23.3 Å². The van der Waals surface area contributed by atoms with Crippen LogP contribution in [0.25, 0.3) is 12.2 Å². The van der Waals surface area contributed by atoms with Crippen molar-refractivity contribution in [1.29, 1.82) is 0 Å². The van der Waals surface area contributed by atoms with Crippen molar-refractivity contribution in [3.8, 4) is 0 Å². The Morgan fingerprint density at radius 3 is 2.04 bits per heavy atom. The minimum absolute atomic E-state index is 0. The summed E-state index contributed by atoms with van der Waals surface area (Å²) in [6.45, 7) is 1.69. The third kappa shape index (κ3) is 6.35. The van der Waals surface area contributed by atoms with Crippen LogP contribution < -0.4 is 26.4 Å². The number of aliphatic hydroxyl groups excluding tert-OH is 1. The molecule has 0 aliphatic rings. The van der Waals surface area contributed by atoms with E-state index in [0.29, 0.717) is 6.54 Å². The Kier molecular flexibility index (Phi) is 8.24. The summed E-state index contributed by atoms with van der Waals surface area (Å²) >= 11 is 0. The normalized spacial score (nSPS) is 10.6. The SMILES string of the molecule is CN(CCO)c1ccc(C=Cc2cc[n+](Cc3ccccc3)cc2)cc1.[Br-]. The Bertz CT molecular complexity index is 831. The van der Waals surface area contributed by atoms with E-state index < -0.39 is 0 Å². The highest BCUT2D eigenvalue weighted by molar-refractivity contribution is 5.70. The first-order chi connectivity index (χ1) is 12.7. The average Bonchev–Trinajstić information content (AvgIpc) is 2.69. The van der Waals surface area contributed by atoms with Crippen LogP contribution in [0.1, 0.15) is 16.7 Å². The molecule has 2 aromatic carbocycles. The molecule has 3 nitrogen and oxygen atoms in total. The van der Waals surface area contributed by atoms with Crippen LogP contribution in [-0.4, -0.2) is 25.3 Å². The van der Waals surface area contributed by atoms with Gasteiger partial charge in [-0.2, -0.15) is 0 Å². The van der Waals surface area contributed by atoms with Crippen LogP contribution in [-0.2, 0) is 6.54 Å². The molecule has 0 aliphatic heterocycles. The first kappa shape index (κ1) is 20.9. The van der Waals surface area contributed by atoms with Gasteiger partial charge in [0.25, 0.3) is 0 Å². The monoisotopic (exact) mass is 424 g/mol. The lowest BCUT2D eigenvalue weighted by molar-refractivity contribution is -0.688. The number of pyridine rings is 1. The van der Waals surface area contributed by atoms with Crippen LogP contribution in [0.4, 0.5) is 5.69 Å². The lowest BCUT2D eigenvalue weighted by Gasteiger charge is -2.17. The van der Waals surface area contributed by atoms with E-state index in [0.717, 1.165) is 17.8 Å². The van der Waals surface area contributed by atoms with E-state index in [4.69, 9.17) is 5.11 Å². The first-order valence-corrected chi connectivity index (χ1v) is 8.88. The number of likely N-dealkylation sites (N-methyl/N-ethyl adjacent to an activating group) is 1.